The van der Waals surface area contributed by atoms with Crippen molar-refractivity contribution in [2.24, 2.45) is 5.92 Å². The lowest BCUT2D eigenvalue weighted by Crippen LogP contribution is -2.13. The molecule has 0 heterocycles. The van der Waals surface area contributed by atoms with Crippen molar-refractivity contribution < 1.29 is 4.39 Å². The van der Waals surface area contributed by atoms with Crippen LogP contribution in [0.25, 0.3) is 21.9 Å². The molecule has 3 aromatic rings. The van der Waals surface area contributed by atoms with E-state index >= 15 is 0 Å². The first-order chi connectivity index (χ1) is 15.7. The molecular formula is C31H37F. The van der Waals surface area contributed by atoms with E-state index in [1.165, 1.54) is 62.5 Å². The molecule has 1 fully saturated rings. The molecule has 1 heteroatoms. The van der Waals surface area contributed by atoms with E-state index in [-0.39, 0.29) is 5.82 Å². The van der Waals surface area contributed by atoms with Crippen LogP contribution < -0.4 is 0 Å². The first kappa shape index (κ1) is 22.8. The fourth-order valence-corrected chi connectivity index (χ4v) is 5.38. The number of halogens is 1. The molecule has 0 radical (unpaired) electrons. The van der Waals surface area contributed by atoms with Gasteiger partial charge in [-0.3, -0.25) is 0 Å². The van der Waals surface area contributed by atoms with Crippen LogP contribution >= 0.6 is 0 Å². The first-order valence-corrected chi connectivity index (χ1v) is 12.6. The molecule has 0 N–H and O–H groups in total. The Hall–Kier alpha value is -2.41. The minimum absolute atomic E-state index is 0.0865. The lowest BCUT2D eigenvalue weighted by Gasteiger charge is -2.29. The molecule has 32 heavy (non-hydrogen) atoms. The van der Waals surface area contributed by atoms with Gasteiger partial charge in [0.05, 0.1) is 0 Å². The third-order valence-corrected chi connectivity index (χ3v) is 7.43. The van der Waals surface area contributed by atoms with Crippen molar-refractivity contribution in [1.82, 2.24) is 0 Å². The van der Waals surface area contributed by atoms with E-state index in [0.29, 0.717) is 17.7 Å². The van der Waals surface area contributed by atoms with Crippen LogP contribution in [0.1, 0.15) is 81.8 Å². The summed E-state index contributed by atoms with van der Waals surface area (Å²) in [6.45, 7) is 6.03. The first-order valence-electron chi connectivity index (χ1n) is 12.6. The summed E-state index contributed by atoms with van der Waals surface area (Å²) in [4.78, 5) is 0. The van der Waals surface area contributed by atoms with Crippen molar-refractivity contribution in [3.8, 4) is 11.1 Å². The molecule has 0 atom stereocenters. The average molecular weight is 429 g/mol. The van der Waals surface area contributed by atoms with Crippen LogP contribution in [0.4, 0.5) is 4.39 Å². The van der Waals surface area contributed by atoms with Crippen molar-refractivity contribution in [1.29, 1.82) is 0 Å². The summed E-state index contributed by atoms with van der Waals surface area (Å²) in [5, 5.41) is 1.68. The van der Waals surface area contributed by atoms with Gasteiger partial charge in [-0.1, -0.05) is 87.2 Å². The molecule has 3 aromatic carbocycles. The predicted octanol–water partition coefficient (Wildman–Crippen LogP) is 9.62. The monoisotopic (exact) mass is 428 g/mol. The summed E-state index contributed by atoms with van der Waals surface area (Å²) in [5.41, 5.74) is 4.62. The highest BCUT2D eigenvalue weighted by molar-refractivity contribution is 5.88. The smallest absolute Gasteiger partial charge is 0.134 e. The van der Waals surface area contributed by atoms with Crippen molar-refractivity contribution in [3.05, 3.63) is 84.2 Å². The number of unbranched alkanes of at least 4 members (excludes halogenated alkanes) is 2. The van der Waals surface area contributed by atoms with E-state index in [4.69, 9.17) is 0 Å². The number of rotatable bonds is 9. The molecule has 0 spiro atoms. The largest absolute Gasteiger partial charge is 0.206 e. The van der Waals surface area contributed by atoms with Crippen LogP contribution in [0.5, 0.6) is 0 Å². The van der Waals surface area contributed by atoms with Crippen LogP contribution in [0.15, 0.2) is 67.3 Å². The summed E-state index contributed by atoms with van der Waals surface area (Å²) in [7, 11) is 0. The summed E-state index contributed by atoms with van der Waals surface area (Å²) in [6.07, 6.45) is 14.3. The summed E-state index contributed by atoms with van der Waals surface area (Å²) >= 11 is 0. The highest BCUT2D eigenvalue weighted by atomic mass is 19.1. The van der Waals surface area contributed by atoms with Crippen molar-refractivity contribution in [2.75, 3.05) is 0 Å². The molecule has 1 aliphatic carbocycles. The Balaban J connectivity index is 1.43. The Labute approximate surface area is 193 Å². The van der Waals surface area contributed by atoms with Gasteiger partial charge >= 0.3 is 0 Å². The third kappa shape index (κ3) is 5.31. The molecule has 1 saturated carbocycles. The lowest BCUT2D eigenvalue weighted by atomic mass is 9.77. The van der Waals surface area contributed by atoms with Gasteiger partial charge in [0.1, 0.15) is 5.82 Å². The van der Waals surface area contributed by atoms with E-state index in [1.54, 1.807) is 0 Å². The molecule has 0 nitrogen and oxygen atoms in total. The fraction of sp³-hybridized carbons (Fsp3) is 0.419. The number of fused-ring (bicyclic) bond motifs is 1. The Morgan fingerprint density at radius 2 is 1.66 bits per heavy atom. The van der Waals surface area contributed by atoms with Crippen molar-refractivity contribution >= 4 is 10.8 Å². The number of aryl methyl sites for hydroxylation is 1. The maximum atomic E-state index is 14.9. The fourth-order valence-electron chi connectivity index (χ4n) is 5.38. The highest BCUT2D eigenvalue weighted by Gasteiger charge is 2.22. The van der Waals surface area contributed by atoms with Crippen LogP contribution in [0, 0.1) is 11.7 Å². The molecule has 0 amide bonds. The molecule has 0 unspecified atom stereocenters. The van der Waals surface area contributed by atoms with Crippen LogP contribution in [0.2, 0.25) is 0 Å². The maximum absolute atomic E-state index is 14.9. The summed E-state index contributed by atoms with van der Waals surface area (Å²) in [5.74, 6) is 1.58. The van der Waals surface area contributed by atoms with Gasteiger partial charge in [0.15, 0.2) is 0 Å². The van der Waals surface area contributed by atoms with E-state index < -0.39 is 0 Å². The van der Waals surface area contributed by atoms with Gasteiger partial charge in [0.25, 0.3) is 0 Å². The van der Waals surface area contributed by atoms with Crippen molar-refractivity contribution in [2.45, 2.75) is 77.0 Å². The minimum Gasteiger partial charge on any atom is -0.206 e. The minimum atomic E-state index is -0.0865. The Kier molecular flexibility index (Phi) is 7.79. The average Bonchev–Trinajstić information content (AvgIpc) is 2.84. The van der Waals surface area contributed by atoms with E-state index in [1.807, 2.05) is 24.3 Å². The maximum Gasteiger partial charge on any atom is 0.134 e. The van der Waals surface area contributed by atoms with Gasteiger partial charge in [-0.25, -0.2) is 4.39 Å². The second kappa shape index (κ2) is 10.9. The van der Waals surface area contributed by atoms with Gasteiger partial charge in [0.2, 0.25) is 0 Å². The zero-order valence-electron chi connectivity index (χ0n) is 19.6. The van der Waals surface area contributed by atoms with Crippen molar-refractivity contribution in [3.63, 3.8) is 0 Å². The summed E-state index contributed by atoms with van der Waals surface area (Å²) < 4.78 is 14.9. The Morgan fingerprint density at radius 1 is 0.906 bits per heavy atom. The van der Waals surface area contributed by atoms with Gasteiger partial charge < -0.3 is 0 Å². The normalized spacial score (nSPS) is 18.7. The highest BCUT2D eigenvalue weighted by Crippen LogP contribution is 2.38. The zero-order chi connectivity index (χ0) is 22.3. The molecular weight excluding hydrogens is 391 g/mol. The molecule has 0 aliphatic heterocycles. The second-order valence-electron chi connectivity index (χ2n) is 9.64. The Morgan fingerprint density at radius 3 is 2.38 bits per heavy atom. The van der Waals surface area contributed by atoms with Gasteiger partial charge in [-0.05, 0) is 84.1 Å². The number of benzene rings is 3. The van der Waals surface area contributed by atoms with Gasteiger partial charge in [0, 0.05) is 5.39 Å². The number of hydrogen-bond donors (Lipinski definition) is 0. The molecule has 168 valence electrons. The molecule has 0 bridgehead atoms. The molecule has 1 aliphatic rings. The van der Waals surface area contributed by atoms with E-state index in [0.717, 1.165) is 28.9 Å². The standard InChI is InChI=1S/C31H37F/c1-3-5-7-8-23-10-12-24(13-11-23)25-14-16-26(17-15-25)28-20-21-30-29(22-28)19-18-27(31(30)32)9-6-4-2/h4,14-24H,2-3,5-13H2,1H3. The van der Waals surface area contributed by atoms with Crippen LogP contribution in [-0.2, 0) is 6.42 Å². The molecule has 0 aromatic heterocycles. The SMILES string of the molecule is C=CCCc1ccc2cc(-c3ccc(C4CCC(CCCCC)CC4)cc3)ccc2c1F. The second-order valence-corrected chi connectivity index (χ2v) is 9.64. The van der Waals surface area contributed by atoms with Crippen LogP contribution in [0.3, 0.4) is 0 Å². The molecule has 0 saturated heterocycles. The van der Waals surface area contributed by atoms with Gasteiger partial charge in [-0.2, -0.15) is 0 Å². The number of allylic oxidation sites excluding steroid dienone is 1. The van der Waals surface area contributed by atoms with E-state index in [2.05, 4.69) is 49.9 Å². The third-order valence-electron chi connectivity index (χ3n) is 7.43. The van der Waals surface area contributed by atoms with E-state index in [9.17, 15) is 4.39 Å². The number of hydrogen-bond acceptors (Lipinski definition) is 0. The van der Waals surface area contributed by atoms with Crippen LogP contribution in [-0.4, -0.2) is 0 Å². The summed E-state index contributed by atoms with van der Waals surface area (Å²) in [6, 6.07) is 19.2. The topological polar surface area (TPSA) is 0 Å². The Bertz CT molecular complexity index is 1020. The van der Waals surface area contributed by atoms with Gasteiger partial charge in [-0.15, -0.1) is 6.58 Å². The predicted molar refractivity (Wildman–Crippen MR) is 137 cm³/mol. The molecule has 4 rings (SSSR count). The zero-order valence-corrected chi connectivity index (χ0v) is 19.6. The quantitative estimate of drug-likeness (QED) is 0.235. The lowest BCUT2D eigenvalue weighted by molar-refractivity contribution is 0.303.